The molecule has 0 aromatic heterocycles. The van der Waals surface area contributed by atoms with Crippen LogP contribution in [0.4, 0.5) is 21.0 Å². The second kappa shape index (κ2) is 7.54. The van der Waals surface area contributed by atoms with Crippen LogP contribution >= 0.6 is 0 Å². The van der Waals surface area contributed by atoms with Crippen molar-refractivity contribution in [2.45, 2.75) is 70.4 Å². The van der Waals surface area contributed by atoms with Crippen molar-refractivity contribution in [2.75, 3.05) is 10.6 Å². The van der Waals surface area contributed by atoms with E-state index in [9.17, 15) is 9.59 Å². The van der Waals surface area contributed by atoms with E-state index in [2.05, 4.69) is 21.3 Å². The van der Waals surface area contributed by atoms with Crippen molar-refractivity contribution in [3.8, 4) is 0 Å². The summed E-state index contributed by atoms with van der Waals surface area (Å²) in [4.78, 5) is 24.9. The second-order valence-electron chi connectivity index (χ2n) is 9.50. The summed E-state index contributed by atoms with van der Waals surface area (Å²) in [6.07, 6.45) is 10.1. The Labute approximate surface area is 172 Å². The van der Waals surface area contributed by atoms with Crippen LogP contribution in [0.3, 0.4) is 0 Å². The van der Waals surface area contributed by atoms with Crippen LogP contribution < -0.4 is 21.3 Å². The van der Waals surface area contributed by atoms with Gasteiger partial charge in [0.25, 0.3) is 0 Å². The van der Waals surface area contributed by atoms with Crippen LogP contribution in [0.2, 0.25) is 0 Å². The van der Waals surface area contributed by atoms with Gasteiger partial charge in [0.05, 0.1) is 0 Å². The average Bonchev–Trinajstić information content (AvgIpc) is 3.60. The summed E-state index contributed by atoms with van der Waals surface area (Å²) in [6.45, 7) is 1.96. The Bertz CT molecular complexity index is 786. The predicted molar refractivity (Wildman–Crippen MR) is 114 cm³/mol. The topological polar surface area (TPSA) is 82.3 Å². The number of fused-ring (bicyclic) bond motifs is 2. The van der Waals surface area contributed by atoms with Gasteiger partial charge >= 0.3 is 12.1 Å². The van der Waals surface area contributed by atoms with Gasteiger partial charge in [-0.2, -0.15) is 0 Å². The van der Waals surface area contributed by atoms with Crippen LogP contribution in [0.1, 0.15) is 56.9 Å². The van der Waals surface area contributed by atoms with Gasteiger partial charge in [-0.25, -0.2) is 9.59 Å². The summed E-state index contributed by atoms with van der Waals surface area (Å²) in [5, 5.41) is 12.2. The molecule has 4 saturated carbocycles. The zero-order valence-electron chi connectivity index (χ0n) is 17.2. The molecule has 5 rings (SSSR count). The molecule has 6 atom stereocenters. The Morgan fingerprint density at radius 2 is 1.24 bits per heavy atom. The molecular formula is C23H32N4O2. The van der Waals surface area contributed by atoms with Gasteiger partial charge in [-0.3, -0.25) is 0 Å². The molecule has 1 aromatic carbocycles. The highest BCUT2D eigenvalue weighted by molar-refractivity contribution is 5.94. The molecular weight excluding hydrogens is 364 g/mol. The van der Waals surface area contributed by atoms with Crippen molar-refractivity contribution >= 4 is 23.4 Å². The van der Waals surface area contributed by atoms with Gasteiger partial charge in [0.1, 0.15) is 0 Å². The molecule has 1 aromatic rings. The third kappa shape index (κ3) is 3.94. The second-order valence-corrected chi connectivity index (χ2v) is 9.50. The van der Waals surface area contributed by atoms with Crippen molar-refractivity contribution in [3.63, 3.8) is 0 Å². The minimum Gasteiger partial charge on any atom is -0.335 e. The zero-order valence-corrected chi connectivity index (χ0v) is 17.2. The Kier molecular flexibility index (Phi) is 4.88. The number of benzene rings is 1. The summed E-state index contributed by atoms with van der Waals surface area (Å²) in [5.74, 6) is 2.72. The summed E-state index contributed by atoms with van der Waals surface area (Å²) < 4.78 is 0. The lowest BCUT2D eigenvalue weighted by Gasteiger charge is -2.13. The van der Waals surface area contributed by atoms with Crippen LogP contribution in [-0.4, -0.2) is 24.1 Å². The highest BCUT2D eigenvalue weighted by Crippen LogP contribution is 2.50. The van der Waals surface area contributed by atoms with E-state index in [4.69, 9.17) is 0 Å². The molecule has 2 unspecified atom stereocenters. The number of aryl methyl sites for hydroxylation is 1. The standard InChI is InChI=1S/C23H32N4O2/c1-13-10-11-14(24-22(28)26-20-15-6-2-3-7-16(15)20)12-19(13)25-23(29)27-21-17-8-4-5-9-18(17)21/h10-12,15-18,20-21H,2-9H2,1H3,(H2,24,26,28)(H2,25,27,29)/t15-,16+,17-,18+,20?,21?. The lowest BCUT2D eigenvalue weighted by Crippen LogP contribution is -2.33. The Morgan fingerprint density at radius 1 is 0.759 bits per heavy atom. The van der Waals surface area contributed by atoms with E-state index >= 15 is 0 Å². The van der Waals surface area contributed by atoms with E-state index in [0.29, 0.717) is 41.4 Å². The van der Waals surface area contributed by atoms with Crippen LogP contribution in [-0.2, 0) is 0 Å². The molecule has 6 heteroatoms. The van der Waals surface area contributed by atoms with Gasteiger partial charge in [0.2, 0.25) is 0 Å². The predicted octanol–water partition coefficient (Wildman–Crippen LogP) is 4.62. The van der Waals surface area contributed by atoms with Crippen molar-refractivity contribution < 1.29 is 9.59 Å². The molecule has 4 fully saturated rings. The lowest BCUT2D eigenvalue weighted by molar-refractivity contribution is 0.250. The van der Waals surface area contributed by atoms with E-state index in [1.807, 2.05) is 25.1 Å². The van der Waals surface area contributed by atoms with E-state index in [1.165, 1.54) is 51.4 Å². The molecule has 0 bridgehead atoms. The third-order valence-electron chi connectivity index (χ3n) is 7.65. The van der Waals surface area contributed by atoms with Crippen molar-refractivity contribution in [1.29, 1.82) is 0 Å². The normalized spacial score (nSPS) is 34.2. The number of amides is 4. The fourth-order valence-corrected chi connectivity index (χ4v) is 5.88. The maximum atomic E-state index is 12.5. The molecule has 4 amide bonds. The first kappa shape index (κ1) is 18.8. The van der Waals surface area contributed by atoms with E-state index in [-0.39, 0.29) is 12.1 Å². The summed E-state index contributed by atoms with van der Waals surface area (Å²) in [6, 6.07) is 6.04. The molecule has 0 heterocycles. The first-order chi connectivity index (χ1) is 14.1. The molecule has 0 aliphatic heterocycles. The number of urea groups is 2. The van der Waals surface area contributed by atoms with Gasteiger partial charge < -0.3 is 21.3 Å². The minimum atomic E-state index is -0.147. The lowest BCUT2D eigenvalue weighted by atomic mass is 10.0. The first-order valence-corrected chi connectivity index (χ1v) is 11.4. The number of hydrogen-bond donors (Lipinski definition) is 4. The van der Waals surface area contributed by atoms with Crippen molar-refractivity contribution in [2.24, 2.45) is 23.7 Å². The Hall–Kier alpha value is -2.24. The highest BCUT2D eigenvalue weighted by atomic mass is 16.2. The largest absolute Gasteiger partial charge is 0.335 e. The van der Waals surface area contributed by atoms with Crippen LogP contribution in [0.25, 0.3) is 0 Å². The fraction of sp³-hybridized carbons (Fsp3) is 0.652. The van der Waals surface area contributed by atoms with Gasteiger partial charge in [0, 0.05) is 23.5 Å². The molecule has 4 N–H and O–H groups in total. The number of carbonyl (C=O) groups excluding carboxylic acids is 2. The molecule has 4 aliphatic rings. The fourth-order valence-electron chi connectivity index (χ4n) is 5.88. The molecule has 0 saturated heterocycles. The number of rotatable bonds is 4. The smallest absolute Gasteiger partial charge is 0.319 e. The zero-order chi connectivity index (χ0) is 20.0. The number of nitrogens with one attached hydrogen (secondary N) is 4. The summed E-state index contributed by atoms with van der Waals surface area (Å²) in [7, 11) is 0. The molecule has 6 nitrogen and oxygen atoms in total. The van der Waals surface area contributed by atoms with Crippen LogP contribution in [0, 0.1) is 30.6 Å². The van der Waals surface area contributed by atoms with Crippen LogP contribution in [0.15, 0.2) is 18.2 Å². The van der Waals surface area contributed by atoms with Crippen molar-refractivity contribution in [1.82, 2.24) is 10.6 Å². The first-order valence-electron chi connectivity index (χ1n) is 11.4. The maximum absolute atomic E-state index is 12.5. The molecule has 156 valence electrons. The molecule has 29 heavy (non-hydrogen) atoms. The van der Waals surface area contributed by atoms with Crippen molar-refractivity contribution in [3.05, 3.63) is 23.8 Å². The van der Waals surface area contributed by atoms with E-state index in [1.54, 1.807) is 0 Å². The molecule has 0 radical (unpaired) electrons. The Balaban J connectivity index is 1.14. The number of hydrogen-bond acceptors (Lipinski definition) is 2. The molecule has 0 spiro atoms. The number of anilines is 2. The van der Waals surface area contributed by atoms with Crippen LogP contribution in [0.5, 0.6) is 0 Å². The maximum Gasteiger partial charge on any atom is 0.319 e. The third-order valence-corrected chi connectivity index (χ3v) is 7.65. The quantitative estimate of drug-likeness (QED) is 0.599. The number of carbonyl (C=O) groups is 2. The van der Waals surface area contributed by atoms with Gasteiger partial charge in [-0.1, -0.05) is 31.7 Å². The van der Waals surface area contributed by atoms with Gasteiger partial charge in [0.15, 0.2) is 0 Å². The summed E-state index contributed by atoms with van der Waals surface area (Å²) in [5.41, 5.74) is 2.42. The summed E-state index contributed by atoms with van der Waals surface area (Å²) >= 11 is 0. The van der Waals surface area contributed by atoms with E-state index in [0.717, 1.165) is 11.3 Å². The van der Waals surface area contributed by atoms with Gasteiger partial charge in [-0.05, 0) is 74.0 Å². The van der Waals surface area contributed by atoms with Gasteiger partial charge in [-0.15, -0.1) is 0 Å². The minimum absolute atomic E-state index is 0.142. The van der Waals surface area contributed by atoms with E-state index < -0.39 is 0 Å². The molecule has 4 aliphatic carbocycles. The SMILES string of the molecule is Cc1ccc(NC(=O)NC2[C@H]3CCCC[C@@H]23)cc1NC(=O)NC1[C@H]2CCCC[C@@H]12. The highest BCUT2D eigenvalue weighted by Gasteiger charge is 2.52. The average molecular weight is 397 g/mol. The monoisotopic (exact) mass is 396 g/mol. The Morgan fingerprint density at radius 3 is 1.76 bits per heavy atom.